The molecule has 0 aromatic carbocycles. The van der Waals surface area contributed by atoms with Crippen molar-refractivity contribution in [2.75, 3.05) is 20.8 Å². The number of ether oxygens (including phenoxy) is 3. The molecule has 2 heterocycles. The summed E-state index contributed by atoms with van der Waals surface area (Å²) >= 11 is 0.713. The minimum atomic E-state index is -0.933. The molecule has 0 fully saturated rings. The van der Waals surface area contributed by atoms with Crippen LogP contribution < -0.4 is 11.2 Å². The van der Waals surface area contributed by atoms with Gasteiger partial charge in [-0.25, -0.2) is 19.4 Å². The van der Waals surface area contributed by atoms with Gasteiger partial charge in [-0.05, 0) is 6.92 Å². The van der Waals surface area contributed by atoms with E-state index < -0.39 is 47.0 Å². The van der Waals surface area contributed by atoms with Gasteiger partial charge in [0.2, 0.25) is 5.88 Å². The molecule has 0 radical (unpaired) electrons. The quantitative estimate of drug-likeness (QED) is 0.310. The molecule has 0 unspecified atom stereocenters. The van der Waals surface area contributed by atoms with Gasteiger partial charge in [0.15, 0.2) is 0 Å². The fourth-order valence-corrected chi connectivity index (χ4v) is 3.40. The van der Waals surface area contributed by atoms with E-state index in [0.717, 1.165) is 20.4 Å². The van der Waals surface area contributed by atoms with Crippen molar-refractivity contribution in [3.63, 3.8) is 0 Å². The summed E-state index contributed by atoms with van der Waals surface area (Å²) in [6.07, 6.45) is 0.452. The summed E-state index contributed by atoms with van der Waals surface area (Å²) in [6, 6.07) is 0. The Hall–Kier alpha value is -3.74. The van der Waals surface area contributed by atoms with Crippen molar-refractivity contribution in [1.82, 2.24) is 9.97 Å². The van der Waals surface area contributed by atoms with E-state index >= 15 is 0 Å². The Kier molecular flexibility index (Phi) is 7.25. The highest BCUT2D eigenvalue weighted by molar-refractivity contribution is 7.18. The average Bonchev–Trinajstić information content (AvgIpc) is 3.04. The highest BCUT2D eigenvalue weighted by Gasteiger charge is 2.30. The van der Waals surface area contributed by atoms with Gasteiger partial charge >= 0.3 is 23.6 Å². The largest absolute Gasteiger partial charge is 0.494 e. The van der Waals surface area contributed by atoms with Gasteiger partial charge in [0.1, 0.15) is 21.0 Å². The predicted molar refractivity (Wildman–Crippen MR) is 104 cm³/mol. The van der Waals surface area contributed by atoms with Crippen molar-refractivity contribution in [2.24, 2.45) is 4.99 Å². The number of aromatic hydroxyl groups is 1. The number of esters is 3. The van der Waals surface area contributed by atoms with Gasteiger partial charge in [-0.15, -0.1) is 11.3 Å². The molecule has 0 aliphatic carbocycles. The lowest BCUT2D eigenvalue weighted by molar-refractivity contribution is -0.139. The van der Waals surface area contributed by atoms with Crippen LogP contribution in [0.3, 0.4) is 0 Å². The smallest absolute Gasteiger partial charge is 0.348 e. The van der Waals surface area contributed by atoms with E-state index in [1.807, 2.05) is 9.97 Å². The van der Waals surface area contributed by atoms with Crippen molar-refractivity contribution >= 4 is 40.5 Å². The molecular weight excluding hydrogens is 422 g/mol. The number of carbonyl (C=O) groups excluding carboxylic acids is 3. The molecule has 2 rings (SSSR count). The number of aromatic amines is 2. The highest BCUT2D eigenvalue weighted by Crippen LogP contribution is 2.37. The molecule has 0 bridgehead atoms. The number of rotatable bonds is 7. The maximum absolute atomic E-state index is 12.5. The third-order valence-corrected chi connectivity index (χ3v) is 4.78. The fourth-order valence-electron chi connectivity index (χ4n) is 2.33. The number of aromatic nitrogens is 2. The average molecular weight is 439 g/mol. The second-order valence-corrected chi connectivity index (χ2v) is 6.48. The van der Waals surface area contributed by atoms with Gasteiger partial charge in [0, 0.05) is 11.8 Å². The Bertz CT molecular complexity index is 1130. The minimum Gasteiger partial charge on any atom is -0.494 e. The molecule has 0 amide bonds. The third-order valence-electron chi connectivity index (χ3n) is 3.66. The first-order chi connectivity index (χ1) is 14.2. The molecule has 2 aromatic heterocycles. The first-order valence-corrected chi connectivity index (χ1v) is 9.12. The molecule has 2 aromatic rings. The Morgan fingerprint density at radius 1 is 1.13 bits per heavy atom. The highest BCUT2D eigenvalue weighted by atomic mass is 32.1. The van der Waals surface area contributed by atoms with E-state index in [1.54, 1.807) is 6.92 Å². The molecule has 30 heavy (non-hydrogen) atoms. The lowest BCUT2D eigenvalue weighted by Crippen LogP contribution is -2.24. The van der Waals surface area contributed by atoms with Crippen LogP contribution in [0.4, 0.5) is 5.00 Å². The first-order valence-electron chi connectivity index (χ1n) is 8.30. The number of nitrogens with zero attached hydrogens (tertiary/aromatic N) is 1. The summed E-state index contributed by atoms with van der Waals surface area (Å²) in [5, 5.41) is 9.67. The summed E-state index contributed by atoms with van der Waals surface area (Å²) in [6.45, 7) is 1.57. The van der Waals surface area contributed by atoms with Crippen molar-refractivity contribution in [3.8, 4) is 5.88 Å². The summed E-state index contributed by atoms with van der Waals surface area (Å²) < 4.78 is 14.3. The molecule has 0 atom stereocenters. The number of hydrogen-bond acceptors (Lipinski definition) is 11. The van der Waals surface area contributed by atoms with Crippen LogP contribution in [0.15, 0.2) is 14.6 Å². The van der Waals surface area contributed by atoms with Crippen molar-refractivity contribution in [3.05, 3.63) is 42.4 Å². The zero-order valence-electron chi connectivity index (χ0n) is 16.1. The number of aliphatic imine (C=N–C) groups is 1. The van der Waals surface area contributed by atoms with E-state index in [4.69, 9.17) is 9.47 Å². The van der Waals surface area contributed by atoms with Crippen LogP contribution in [0, 0.1) is 0 Å². The number of thiophene rings is 1. The van der Waals surface area contributed by atoms with E-state index in [2.05, 4.69) is 9.73 Å². The lowest BCUT2D eigenvalue weighted by Gasteiger charge is -2.06. The maximum Gasteiger partial charge on any atom is 0.348 e. The van der Waals surface area contributed by atoms with E-state index in [9.17, 15) is 29.1 Å². The SMILES string of the molecule is CCOC(=O)c1c(N=Cc2c(O)[nH]c(=O)[nH]c2=O)sc(C(=O)OC)c1CC(=O)OC. The van der Waals surface area contributed by atoms with Crippen LogP contribution in [-0.2, 0) is 25.4 Å². The molecule has 160 valence electrons. The number of nitrogens with one attached hydrogen (secondary N) is 2. The Morgan fingerprint density at radius 3 is 2.40 bits per heavy atom. The van der Waals surface area contributed by atoms with Gasteiger partial charge in [-0.2, -0.15) is 0 Å². The second-order valence-electron chi connectivity index (χ2n) is 5.48. The number of hydrogen-bond donors (Lipinski definition) is 3. The molecule has 0 saturated carbocycles. The molecular formula is C17H17N3O9S. The zero-order valence-corrected chi connectivity index (χ0v) is 16.9. The van der Waals surface area contributed by atoms with E-state index in [1.165, 1.54) is 0 Å². The number of carbonyl (C=O) groups is 3. The molecule has 3 N–H and O–H groups in total. The van der Waals surface area contributed by atoms with E-state index in [0.29, 0.717) is 11.3 Å². The Balaban J connectivity index is 2.69. The van der Waals surface area contributed by atoms with E-state index in [-0.39, 0.29) is 27.6 Å². The minimum absolute atomic E-state index is 0.00341. The normalized spacial score (nSPS) is 10.8. The van der Waals surface area contributed by atoms with Crippen molar-refractivity contribution in [2.45, 2.75) is 13.3 Å². The summed E-state index contributed by atoms with van der Waals surface area (Å²) in [5.41, 5.74) is -2.45. The van der Waals surface area contributed by atoms with Crippen molar-refractivity contribution in [1.29, 1.82) is 0 Å². The van der Waals surface area contributed by atoms with Crippen LogP contribution in [0.25, 0.3) is 0 Å². The summed E-state index contributed by atoms with van der Waals surface area (Å²) in [5.74, 6) is -3.16. The fraction of sp³-hybridized carbons (Fsp3) is 0.294. The maximum atomic E-state index is 12.5. The van der Waals surface area contributed by atoms with Crippen LogP contribution in [0.1, 0.15) is 38.1 Å². The molecule has 13 heteroatoms. The molecule has 0 aliphatic heterocycles. The zero-order chi connectivity index (χ0) is 22.4. The Labute approximate surface area is 172 Å². The van der Waals surface area contributed by atoms with Crippen LogP contribution in [-0.4, -0.2) is 60.0 Å². The molecule has 0 aliphatic rings. The van der Waals surface area contributed by atoms with Gasteiger partial charge in [-0.1, -0.05) is 0 Å². The molecule has 12 nitrogen and oxygen atoms in total. The molecule has 0 spiro atoms. The standard InChI is InChI=1S/C17H17N3O9S/c1-4-29-15(24)10-7(5-9(21)27-2)11(16(25)28-3)30-14(10)18-6-8-12(22)19-17(26)20-13(8)23/h6H,4-5H2,1-3H3,(H3,19,20,22,23,26). The lowest BCUT2D eigenvalue weighted by atomic mass is 10.1. The number of H-pyrrole nitrogens is 2. The third kappa shape index (κ3) is 4.81. The first kappa shape index (κ1) is 22.5. The predicted octanol–water partition coefficient (Wildman–Crippen LogP) is 0.260. The van der Waals surface area contributed by atoms with Crippen LogP contribution in [0.2, 0.25) is 0 Å². The van der Waals surface area contributed by atoms with Gasteiger partial charge in [0.05, 0.1) is 27.2 Å². The van der Waals surface area contributed by atoms with Crippen LogP contribution in [0.5, 0.6) is 5.88 Å². The molecule has 0 saturated heterocycles. The Morgan fingerprint density at radius 2 is 1.83 bits per heavy atom. The van der Waals surface area contributed by atoms with Gasteiger partial charge in [-0.3, -0.25) is 19.6 Å². The van der Waals surface area contributed by atoms with Gasteiger partial charge in [0.25, 0.3) is 5.56 Å². The van der Waals surface area contributed by atoms with Crippen molar-refractivity contribution < 1.29 is 33.7 Å². The monoisotopic (exact) mass is 439 g/mol. The summed E-state index contributed by atoms with van der Waals surface area (Å²) in [4.78, 5) is 67.3. The second kappa shape index (κ2) is 9.65. The number of methoxy groups -OCH3 is 2. The van der Waals surface area contributed by atoms with Gasteiger partial charge < -0.3 is 19.3 Å². The topological polar surface area (TPSA) is 177 Å². The van der Waals surface area contributed by atoms with Crippen LogP contribution >= 0.6 is 11.3 Å². The summed E-state index contributed by atoms with van der Waals surface area (Å²) in [7, 11) is 2.26.